The summed E-state index contributed by atoms with van der Waals surface area (Å²) in [5.74, 6) is -0.879. The second kappa shape index (κ2) is 6.69. The number of carboxylic acids is 1. The van der Waals surface area contributed by atoms with Crippen LogP contribution in [0.2, 0.25) is 0 Å². The van der Waals surface area contributed by atoms with Crippen LogP contribution in [0.1, 0.15) is 47.7 Å². The van der Waals surface area contributed by atoms with E-state index in [0.29, 0.717) is 5.92 Å². The van der Waals surface area contributed by atoms with E-state index in [2.05, 4.69) is 6.92 Å². The number of carbonyl (C=O) groups is 1. The molecule has 3 nitrogen and oxygen atoms in total. The van der Waals surface area contributed by atoms with Gasteiger partial charge in [-0.1, -0.05) is 19.4 Å². The molecule has 2 rings (SSSR count). The molecule has 6 heteroatoms. The second-order valence-corrected chi connectivity index (χ2v) is 6.01. The fourth-order valence-corrected chi connectivity index (χ4v) is 2.95. The van der Waals surface area contributed by atoms with Gasteiger partial charge in [-0.2, -0.15) is 13.2 Å². The predicted molar refractivity (Wildman–Crippen MR) is 76.7 cm³/mol. The summed E-state index contributed by atoms with van der Waals surface area (Å²) in [6.07, 6.45) is -1.36. The lowest BCUT2D eigenvalue weighted by Gasteiger charge is -2.24. The third-order valence-electron chi connectivity index (χ3n) is 4.05. The molecule has 1 unspecified atom stereocenters. The largest absolute Gasteiger partial charge is 0.478 e. The van der Waals surface area contributed by atoms with Crippen LogP contribution in [0.25, 0.3) is 0 Å². The van der Waals surface area contributed by atoms with Gasteiger partial charge in [0.15, 0.2) is 0 Å². The van der Waals surface area contributed by atoms with Gasteiger partial charge >= 0.3 is 12.1 Å². The molecule has 0 spiro atoms. The molecule has 1 atom stereocenters. The van der Waals surface area contributed by atoms with Crippen molar-refractivity contribution in [2.24, 2.45) is 5.92 Å². The van der Waals surface area contributed by atoms with E-state index in [1.54, 1.807) is 0 Å². The van der Waals surface area contributed by atoms with Gasteiger partial charge in [0.25, 0.3) is 0 Å². The average molecular weight is 315 g/mol. The van der Waals surface area contributed by atoms with Gasteiger partial charge in [0, 0.05) is 13.1 Å². The maximum atomic E-state index is 13.2. The van der Waals surface area contributed by atoms with Crippen LogP contribution in [0.15, 0.2) is 18.2 Å². The first-order valence-corrected chi connectivity index (χ1v) is 7.43. The number of halogens is 3. The predicted octanol–water partition coefficient (Wildman–Crippen LogP) is 4.03. The average Bonchev–Trinajstić information content (AvgIpc) is 2.62. The Balaban J connectivity index is 2.27. The highest BCUT2D eigenvalue weighted by molar-refractivity contribution is 5.88. The van der Waals surface area contributed by atoms with Crippen LogP contribution in [0.4, 0.5) is 13.2 Å². The Hall–Kier alpha value is -1.56. The highest BCUT2D eigenvalue weighted by Crippen LogP contribution is 2.33. The summed E-state index contributed by atoms with van der Waals surface area (Å²) in [6.45, 7) is 3.87. The quantitative estimate of drug-likeness (QED) is 0.915. The van der Waals surface area contributed by atoms with Crippen LogP contribution in [0, 0.1) is 5.92 Å². The maximum absolute atomic E-state index is 13.2. The summed E-state index contributed by atoms with van der Waals surface area (Å²) in [4.78, 5) is 12.9. The molecular weight excluding hydrogens is 295 g/mol. The number of hydrogen-bond acceptors (Lipinski definition) is 2. The van der Waals surface area contributed by atoms with Crippen molar-refractivity contribution < 1.29 is 23.1 Å². The van der Waals surface area contributed by atoms with E-state index < -0.39 is 17.7 Å². The third-order valence-corrected chi connectivity index (χ3v) is 4.05. The number of alkyl halides is 3. The number of nitrogens with zero attached hydrogens (tertiary/aromatic N) is 1. The molecule has 1 fully saturated rings. The number of rotatable bonds is 3. The Kier molecular flexibility index (Phi) is 5.11. The SMILES string of the molecule is CC1CCCCN(Cc2ccc(C(=O)O)cc2C(F)(F)F)C1. The third kappa shape index (κ3) is 4.22. The molecule has 22 heavy (non-hydrogen) atoms. The molecule has 0 saturated carbocycles. The Morgan fingerprint density at radius 3 is 2.73 bits per heavy atom. The summed E-state index contributed by atoms with van der Waals surface area (Å²) < 4.78 is 39.6. The molecule has 0 bridgehead atoms. The number of benzene rings is 1. The second-order valence-electron chi connectivity index (χ2n) is 6.01. The molecule has 0 radical (unpaired) electrons. The Bertz CT molecular complexity index is 543. The lowest BCUT2D eigenvalue weighted by molar-refractivity contribution is -0.138. The van der Waals surface area contributed by atoms with Gasteiger partial charge < -0.3 is 5.11 Å². The molecule has 1 aromatic carbocycles. The summed E-state index contributed by atoms with van der Waals surface area (Å²) >= 11 is 0. The van der Waals surface area contributed by atoms with Gasteiger partial charge in [0.2, 0.25) is 0 Å². The van der Waals surface area contributed by atoms with Crippen LogP contribution < -0.4 is 0 Å². The summed E-state index contributed by atoms with van der Waals surface area (Å²) in [7, 11) is 0. The van der Waals surface area contributed by atoms with Crippen molar-refractivity contribution in [3.8, 4) is 0 Å². The van der Waals surface area contributed by atoms with Gasteiger partial charge in [-0.25, -0.2) is 4.79 Å². The van der Waals surface area contributed by atoms with Crippen molar-refractivity contribution in [1.29, 1.82) is 0 Å². The molecule has 1 aliphatic rings. The first kappa shape index (κ1) is 16.8. The van der Waals surface area contributed by atoms with E-state index in [1.807, 2.05) is 4.90 Å². The number of hydrogen-bond donors (Lipinski definition) is 1. The van der Waals surface area contributed by atoms with E-state index in [1.165, 1.54) is 12.1 Å². The minimum absolute atomic E-state index is 0.145. The fraction of sp³-hybridized carbons (Fsp3) is 0.562. The van der Waals surface area contributed by atoms with E-state index >= 15 is 0 Å². The van der Waals surface area contributed by atoms with E-state index in [4.69, 9.17) is 5.11 Å². The smallest absolute Gasteiger partial charge is 0.416 e. The number of carboxylic acid groups (broad SMARTS) is 1. The summed E-state index contributed by atoms with van der Waals surface area (Å²) in [5.41, 5.74) is -1.03. The normalized spacial score (nSPS) is 20.6. The van der Waals surface area contributed by atoms with Crippen LogP contribution >= 0.6 is 0 Å². The molecular formula is C16H20F3NO2. The van der Waals surface area contributed by atoms with Gasteiger partial charge in [-0.15, -0.1) is 0 Å². The minimum Gasteiger partial charge on any atom is -0.478 e. The zero-order valence-corrected chi connectivity index (χ0v) is 12.5. The van der Waals surface area contributed by atoms with Crippen molar-refractivity contribution in [3.63, 3.8) is 0 Å². The topological polar surface area (TPSA) is 40.5 Å². The van der Waals surface area contributed by atoms with Crippen molar-refractivity contribution in [2.45, 2.75) is 38.9 Å². The molecule has 1 heterocycles. The van der Waals surface area contributed by atoms with Crippen LogP contribution in [0.3, 0.4) is 0 Å². The first-order chi connectivity index (χ1) is 10.3. The van der Waals surface area contributed by atoms with Crippen LogP contribution in [-0.4, -0.2) is 29.1 Å². The molecule has 1 aliphatic heterocycles. The van der Waals surface area contributed by atoms with Crippen LogP contribution in [-0.2, 0) is 12.7 Å². The monoisotopic (exact) mass is 315 g/mol. The van der Waals surface area contributed by atoms with Crippen molar-refractivity contribution >= 4 is 5.97 Å². The van der Waals surface area contributed by atoms with Crippen molar-refractivity contribution in [1.82, 2.24) is 4.90 Å². The van der Waals surface area contributed by atoms with E-state index in [0.717, 1.165) is 38.4 Å². The highest BCUT2D eigenvalue weighted by atomic mass is 19.4. The minimum atomic E-state index is -4.54. The van der Waals surface area contributed by atoms with Gasteiger partial charge in [-0.3, -0.25) is 4.90 Å². The Morgan fingerprint density at radius 2 is 2.09 bits per heavy atom. The maximum Gasteiger partial charge on any atom is 0.416 e. The number of likely N-dealkylation sites (tertiary alicyclic amines) is 1. The summed E-state index contributed by atoms with van der Waals surface area (Å²) in [6, 6.07) is 3.27. The molecule has 0 aliphatic carbocycles. The standard InChI is InChI=1S/C16H20F3NO2/c1-11-4-2-3-7-20(9-11)10-13-6-5-12(15(21)22)8-14(13)16(17,18)19/h5-6,8,11H,2-4,7,9-10H2,1H3,(H,21,22). The Labute approximate surface area is 127 Å². The zero-order valence-electron chi connectivity index (χ0n) is 12.5. The fourth-order valence-electron chi connectivity index (χ4n) is 2.95. The Morgan fingerprint density at radius 1 is 1.36 bits per heavy atom. The molecule has 1 aromatic rings. The van der Waals surface area contributed by atoms with Gasteiger partial charge in [-0.05, 0) is 43.0 Å². The molecule has 122 valence electrons. The lowest BCUT2D eigenvalue weighted by Crippen LogP contribution is -2.28. The van der Waals surface area contributed by atoms with Gasteiger partial charge in [0.05, 0.1) is 11.1 Å². The highest BCUT2D eigenvalue weighted by Gasteiger charge is 2.34. The molecule has 1 saturated heterocycles. The van der Waals surface area contributed by atoms with E-state index in [9.17, 15) is 18.0 Å². The van der Waals surface area contributed by atoms with Crippen molar-refractivity contribution in [2.75, 3.05) is 13.1 Å². The van der Waals surface area contributed by atoms with Gasteiger partial charge in [0.1, 0.15) is 0 Å². The van der Waals surface area contributed by atoms with Crippen molar-refractivity contribution in [3.05, 3.63) is 34.9 Å². The molecule has 0 amide bonds. The van der Waals surface area contributed by atoms with E-state index in [-0.39, 0.29) is 17.7 Å². The lowest BCUT2D eigenvalue weighted by atomic mass is 10.0. The summed E-state index contributed by atoms with van der Waals surface area (Å²) in [5, 5.41) is 8.88. The zero-order chi connectivity index (χ0) is 16.3. The first-order valence-electron chi connectivity index (χ1n) is 7.43. The molecule has 0 aromatic heterocycles. The number of aromatic carboxylic acids is 1. The van der Waals surface area contributed by atoms with Crippen LogP contribution in [0.5, 0.6) is 0 Å². The molecule has 1 N–H and O–H groups in total.